The fourth-order valence-corrected chi connectivity index (χ4v) is 1.71. The first-order chi connectivity index (χ1) is 9.08. The Labute approximate surface area is 115 Å². The lowest BCUT2D eigenvalue weighted by Crippen LogP contribution is -2.19. The normalized spacial score (nSPS) is 10.2. The molecule has 19 heavy (non-hydrogen) atoms. The molecule has 0 atom stereocenters. The minimum absolute atomic E-state index is 0.0731. The number of rotatable bonds is 4. The maximum absolute atomic E-state index is 13.5. The van der Waals surface area contributed by atoms with Gasteiger partial charge in [0.2, 0.25) is 5.91 Å². The van der Waals surface area contributed by atoms with Crippen molar-refractivity contribution in [3.05, 3.63) is 40.4 Å². The monoisotopic (exact) mass is 326 g/mol. The zero-order valence-electron chi connectivity index (χ0n) is 9.51. The number of benzene rings is 1. The Kier molecular flexibility index (Phi) is 4.00. The van der Waals surface area contributed by atoms with E-state index in [9.17, 15) is 14.0 Å². The molecule has 0 aliphatic carbocycles. The number of carbonyl (C=O) groups excluding carboxylic acids is 2. The minimum atomic E-state index is -0.546. The molecule has 0 radical (unpaired) electrons. The number of aromatic nitrogens is 3. The van der Waals surface area contributed by atoms with Gasteiger partial charge in [0.1, 0.15) is 18.1 Å². The van der Waals surface area contributed by atoms with E-state index in [4.69, 9.17) is 0 Å². The SMILES string of the molecule is O=Cc1cn(CC(=O)Nc2ccc(Br)cc2F)nn1. The van der Waals surface area contributed by atoms with Crippen LogP contribution >= 0.6 is 15.9 Å². The third-order valence-corrected chi connectivity index (χ3v) is 2.68. The van der Waals surface area contributed by atoms with E-state index in [1.54, 1.807) is 6.07 Å². The standard InChI is InChI=1S/C11H8BrFN4O2/c12-7-1-2-10(9(13)3-7)14-11(19)5-17-4-8(6-18)15-16-17/h1-4,6H,5H2,(H,14,19). The summed E-state index contributed by atoms with van der Waals surface area (Å²) in [5, 5.41) is 9.49. The quantitative estimate of drug-likeness (QED) is 0.866. The van der Waals surface area contributed by atoms with Crippen molar-refractivity contribution in [3.8, 4) is 0 Å². The molecule has 6 nitrogen and oxygen atoms in total. The highest BCUT2D eigenvalue weighted by atomic mass is 79.9. The number of hydrogen-bond donors (Lipinski definition) is 1. The molecule has 0 fully saturated rings. The molecule has 1 heterocycles. The van der Waals surface area contributed by atoms with E-state index < -0.39 is 11.7 Å². The van der Waals surface area contributed by atoms with Gasteiger partial charge in [-0.1, -0.05) is 21.1 Å². The van der Waals surface area contributed by atoms with Crippen LogP contribution in [0, 0.1) is 5.82 Å². The second kappa shape index (κ2) is 5.70. The molecule has 1 aromatic carbocycles. The topological polar surface area (TPSA) is 76.9 Å². The highest BCUT2D eigenvalue weighted by Crippen LogP contribution is 2.19. The van der Waals surface area contributed by atoms with Gasteiger partial charge in [-0.2, -0.15) is 0 Å². The van der Waals surface area contributed by atoms with E-state index in [1.807, 2.05) is 0 Å². The van der Waals surface area contributed by atoms with Crippen molar-refractivity contribution in [1.82, 2.24) is 15.0 Å². The van der Waals surface area contributed by atoms with E-state index in [1.165, 1.54) is 23.0 Å². The molecule has 0 saturated carbocycles. The first-order valence-electron chi connectivity index (χ1n) is 5.18. The Balaban J connectivity index is 2.02. The lowest BCUT2D eigenvalue weighted by Gasteiger charge is -2.06. The zero-order valence-corrected chi connectivity index (χ0v) is 11.1. The molecule has 2 rings (SSSR count). The van der Waals surface area contributed by atoms with Crippen LogP contribution in [0.5, 0.6) is 0 Å². The van der Waals surface area contributed by atoms with E-state index in [0.29, 0.717) is 10.8 Å². The van der Waals surface area contributed by atoms with Gasteiger partial charge >= 0.3 is 0 Å². The number of nitrogens with zero attached hydrogens (tertiary/aromatic N) is 3. The smallest absolute Gasteiger partial charge is 0.246 e. The summed E-state index contributed by atoms with van der Waals surface area (Å²) in [6.45, 7) is -0.156. The average Bonchev–Trinajstić information content (AvgIpc) is 2.80. The van der Waals surface area contributed by atoms with E-state index >= 15 is 0 Å². The summed E-state index contributed by atoms with van der Waals surface area (Å²) in [5.74, 6) is -1.02. The van der Waals surface area contributed by atoms with Crippen molar-refractivity contribution < 1.29 is 14.0 Å². The van der Waals surface area contributed by atoms with Gasteiger partial charge in [0, 0.05) is 4.47 Å². The zero-order chi connectivity index (χ0) is 13.8. The van der Waals surface area contributed by atoms with Crippen LogP contribution in [0.3, 0.4) is 0 Å². The third-order valence-electron chi connectivity index (χ3n) is 2.19. The Morgan fingerprint density at radius 2 is 2.32 bits per heavy atom. The first kappa shape index (κ1) is 13.3. The number of hydrogen-bond acceptors (Lipinski definition) is 4. The Morgan fingerprint density at radius 1 is 1.53 bits per heavy atom. The predicted molar refractivity (Wildman–Crippen MR) is 68.1 cm³/mol. The van der Waals surface area contributed by atoms with Gasteiger partial charge in [-0.15, -0.1) is 5.10 Å². The summed E-state index contributed by atoms with van der Waals surface area (Å²) in [6.07, 6.45) is 1.85. The van der Waals surface area contributed by atoms with Crippen LogP contribution in [-0.4, -0.2) is 27.2 Å². The molecule has 0 unspecified atom stereocenters. The van der Waals surface area contributed by atoms with Crippen LogP contribution in [0.4, 0.5) is 10.1 Å². The third kappa shape index (κ3) is 3.44. The van der Waals surface area contributed by atoms with Crippen LogP contribution in [0.25, 0.3) is 0 Å². The molecule has 0 spiro atoms. The van der Waals surface area contributed by atoms with Gasteiger partial charge in [-0.05, 0) is 18.2 Å². The minimum Gasteiger partial charge on any atom is -0.322 e. The lowest BCUT2D eigenvalue weighted by atomic mass is 10.3. The van der Waals surface area contributed by atoms with Gasteiger partial charge in [0.15, 0.2) is 6.29 Å². The summed E-state index contributed by atoms with van der Waals surface area (Å²) in [6, 6.07) is 4.30. The van der Waals surface area contributed by atoms with E-state index in [-0.39, 0.29) is 17.9 Å². The molecule has 1 amide bonds. The number of anilines is 1. The number of carbonyl (C=O) groups is 2. The molecule has 0 aliphatic rings. The summed E-state index contributed by atoms with van der Waals surface area (Å²) in [4.78, 5) is 22.1. The second-order valence-corrected chi connectivity index (χ2v) is 4.55. The van der Waals surface area contributed by atoms with Crippen LogP contribution < -0.4 is 5.32 Å². The molecule has 1 aromatic heterocycles. The summed E-state index contributed by atoms with van der Waals surface area (Å²) < 4.78 is 15.3. The van der Waals surface area contributed by atoms with Gasteiger partial charge in [-0.25, -0.2) is 9.07 Å². The maximum atomic E-state index is 13.5. The van der Waals surface area contributed by atoms with Crippen LogP contribution in [0.2, 0.25) is 0 Å². The van der Waals surface area contributed by atoms with Crippen LogP contribution in [-0.2, 0) is 11.3 Å². The van der Waals surface area contributed by atoms with Crippen molar-refractivity contribution in [1.29, 1.82) is 0 Å². The highest BCUT2D eigenvalue weighted by Gasteiger charge is 2.09. The molecule has 2 aromatic rings. The van der Waals surface area contributed by atoms with Crippen molar-refractivity contribution in [2.75, 3.05) is 5.32 Å². The number of halogens is 2. The van der Waals surface area contributed by atoms with Gasteiger partial charge in [0.05, 0.1) is 11.9 Å². The Hall–Kier alpha value is -2.09. The number of aldehydes is 1. The fourth-order valence-electron chi connectivity index (χ4n) is 1.37. The Morgan fingerprint density at radius 3 is 2.95 bits per heavy atom. The van der Waals surface area contributed by atoms with Crippen molar-refractivity contribution in [2.45, 2.75) is 6.54 Å². The maximum Gasteiger partial charge on any atom is 0.246 e. The van der Waals surface area contributed by atoms with E-state index in [2.05, 4.69) is 31.6 Å². The largest absolute Gasteiger partial charge is 0.322 e. The number of amides is 1. The first-order valence-corrected chi connectivity index (χ1v) is 5.98. The molecule has 0 bridgehead atoms. The molecule has 0 saturated heterocycles. The average molecular weight is 327 g/mol. The molecular weight excluding hydrogens is 319 g/mol. The van der Waals surface area contributed by atoms with E-state index in [0.717, 1.165) is 0 Å². The van der Waals surface area contributed by atoms with Gasteiger partial charge in [0.25, 0.3) is 0 Å². The van der Waals surface area contributed by atoms with Crippen LogP contribution in [0.1, 0.15) is 10.5 Å². The summed E-state index contributed by atoms with van der Waals surface area (Å²) >= 11 is 3.12. The predicted octanol–water partition coefficient (Wildman–Crippen LogP) is 1.63. The summed E-state index contributed by atoms with van der Waals surface area (Å²) in [7, 11) is 0. The Bertz CT molecular complexity index is 629. The lowest BCUT2D eigenvalue weighted by molar-refractivity contribution is -0.117. The number of nitrogens with one attached hydrogen (secondary N) is 1. The van der Waals surface area contributed by atoms with Crippen molar-refractivity contribution in [2.24, 2.45) is 0 Å². The molecule has 98 valence electrons. The molecular formula is C11H8BrFN4O2. The van der Waals surface area contributed by atoms with Crippen molar-refractivity contribution in [3.63, 3.8) is 0 Å². The second-order valence-electron chi connectivity index (χ2n) is 3.63. The van der Waals surface area contributed by atoms with Crippen molar-refractivity contribution >= 4 is 33.8 Å². The van der Waals surface area contributed by atoms with Crippen LogP contribution in [0.15, 0.2) is 28.9 Å². The molecule has 0 aliphatic heterocycles. The fraction of sp³-hybridized carbons (Fsp3) is 0.0909. The van der Waals surface area contributed by atoms with Gasteiger partial charge in [-0.3, -0.25) is 9.59 Å². The van der Waals surface area contributed by atoms with Gasteiger partial charge < -0.3 is 5.32 Å². The summed E-state index contributed by atoms with van der Waals surface area (Å²) in [5.41, 5.74) is 0.201. The molecule has 1 N–H and O–H groups in total. The molecule has 8 heteroatoms. The highest BCUT2D eigenvalue weighted by molar-refractivity contribution is 9.10.